The summed E-state index contributed by atoms with van der Waals surface area (Å²) >= 11 is 1.57. The van der Waals surface area contributed by atoms with Crippen LogP contribution in [0.25, 0.3) is 0 Å². The Morgan fingerprint density at radius 3 is 2.79 bits per heavy atom. The number of hydrogen-bond acceptors (Lipinski definition) is 5. The smallest absolute Gasteiger partial charge is 0.246 e. The van der Waals surface area contributed by atoms with Crippen LogP contribution < -0.4 is 0 Å². The number of aromatic nitrogens is 2. The van der Waals surface area contributed by atoms with Crippen LogP contribution in [-0.4, -0.2) is 59.5 Å². The van der Waals surface area contributed by atoms with Gasteiger partial charge in [-0.1, -0.05) is 0 Å². The van der Waals surface area contributed by atoms with Crippen molar-refractivity contribution >= 4 is 27.3 Å². The van der Waals surface area contributed by atoms with Gasteiger partial charge in [0.2, 0.25) is 15.9 Å². The first kappa shape index (κ1) is 17.1. The molecule has 1 aliphatic heterocycles. The molecule has 0 aromatic carbocycles. The van der Waals surface area contributed by atoms with Crippen molar-refractivity contribution in [3.05, 3.63) is 34.8 Å². The molecule has 1 fully saturated rings. The van der Waals surface area contributed by atoms with Gasteiger partial charge in [-0.05, 0) is 28.8 Å². The van der Waals surface area contributed by atoms with Crippen LogP contribution in [0.4, 0.5) is 0 Å². The number of thiophene rings is 1. The van der Waals surface area contributed by atoms with Crippen molar-refractivity contribution in [1.29, 1.82) is 0 Å². The lowest BCUT2D eigenvalue weighted by atomic mass is 10.2. The topological polar surface area (TPSA) is 75.5 Å². The van der Waals surface area contributed by atoms with Crippen LogP contribution >= 0.6 is 11.3 Å². The van der Waals surface area contributed by atoms with Gasteiger partial charge in [0.05, 0.1) is 12.6 Å². The van der Waals surface area contributed by atoms with Gasteiger partial charge >= 0.3 is 0 Å². The van der Waals surface area contributed by atoms with E-state index < -0.39 is 10.0 Å². The molecular formula is C15H20N4O3S2. The number of amides is 1. The number of rotatable bonds is 4. The zero-order valence-electron chi connectivity index (χ0n) is 13.5. The monoisotopic (exact) mass is 368 g/mol. The molecule has 0 atom stereocenters. The Hall–Kier alpha value is -1.71. The Morgan fingerprint density at radius 2 is 2.12 bits per heavy atom. The summed E-state index contributed by atoms with van der Waals surface area (Å²) in [6.45, 7) is 1.73. The number of hydrogen-bond donors (Lipinski definition) is 0. The molecule has 0 unspecified atom stereocenters. The van der Waals surface area contributed by atoms with Crippen molar-refractivity contribution in [2.24, 2.45) is 7.05 Å². The van der Waals surface area contributed by atoms with Gasteiger partial charge in [0.25, 0.3) is 0 Å². The first-order chi connectivity index (χ1) is 11.5. The molecular weight excluding hydrogens is 348 g/mol. The predicted molar refractivity (Wildman–Crippen MR) is 91.2 cm³/mol. The number of carbonyl (C=O) groups is 1. The molecule has 9 heteroatoms. The lowest BCUT2D eigenvalue weighted by Gasteiger charge is -2.21. The highest BCUT2D eigenvalue weighted by Gasteiger charge is 2.29. The minimum Gasteiger partial charge on any atom is -0.341 e. The van der Waals surface area contributed by atoms with Crippen LogP contribution in [0.3, 0.4) is 0 Å². The van der Waals surface area contributed by atoms with Gasteiger partial charge in [-0.15, -0.1) is 0 Å². The molecule has 1 saturated heterocycles. The normalized spacial score (nSPS) is 17.0. The summed E-state index contributed by atoms with van der Waals surface area (Å²) in [4.78, 5) is 14.4. The van der Waals surface area contributed by atoms with E-state index in [1.807, 2.05) is 16.8 Å². The first-order valence-electron chi connectivity index (χ1n) is 7.74. The Bertz CT molecular complexity index is 799. The van der Waals surface area contributed by atoms with Crippen molar-refractivity contribution in [3.63, 3.8) is 0 Å². The average molecular weight is 368 g/mol. The largest absolute Gasteiger partial charge is 0.341 e. The number of nitrogens with zero attached hydrogens (tertiary/aromatic N) is 4. The molecule has 0 radical (unpaired) electrons. The Kier molecular flexibility index (Phi) is 5.02. The van der Waals surface area contributed by atoms with Gasteiger partial charge in [-0.3, -0.25) is 9.48 Å². The minimum absolute atomic E-state index is 0.0500. The zero-order valence-corrected chi connectivity index (χ0v) is 15.1. The van der Waals surface area contributed by atoms with Crippen molar-refractivity contribution in [1.82, 2.24) is 19.0 Å². The van der Waals surface area contributed by atoms with Gasteiger partial charge in [-0.25, -0.2) is 8.42 Å². The lowest BCUT2D eigenvalue weighted by molar-refractivity contribution is -0.130. The molecule has 24 heavy (non-hydrogen) atoms. The van der Waals surface area contributed by atoms with Crippen molar-refractivity contribution in [3.8, 4) is 0 Å². The lowest BCUT2D eigenvalue weighted by Crippen LogP contribution is -2.37. The summed E-state index contributed by atoms with van der Waals surface area (Å²) in [6, 6.07) is 1.94. The van der Waals surface area contributed by atoms with E-state index in [0.29, 0.717) is 39.0 Å². The Labute approximate surface area is 145 Å². The second-order valence-electron chi connectivity index (χ2n) is 5.80. The van der Waals surface area contributed by atoms with Crippen LogP contribution in [-0.2, 0) is 28.3 Å². The highest BCUT2D eigenvalue weighted by molar-refractivity contribution is 7.89. The standard InChI is InChI=1S/C15H20N4O3S2/c1-17-11-14(10-16-17)24(21,22)19-5-2-4-18(6-7-19)15(20)9-13-3-8-23-12-13/h3,8,10-12H,2,4-7,9H2,1H3. The molecule has 0 spiro atoms. The maximum atomic E-state index is 12.7. The summed E-state index contributed by atoms with van der Waals surface area (Å²) in [5.41, 5.74) is 1.01. The van der Waals surface area contributed by atoms with E-state index in [9.17, 15) is 13.2 Å². The van der Waals surface area contributed by atoms with E-state index in [2.05, 4.69) is 5.10 Å². The second-order valence-corrected chi connectivity index (χ2v) is 8.51. The van der Waals surface area contributed by atoms with Crippen molar-refractivity contribution in [2.75, 3.05) is 26.2 Å². The molecule has 1 aliphatic rings. The summed E-state index contributed by atoms with van der Waals surface area (Å²) in [5.74, 6) is 0.0500. The van der Waals surface area contributed by atoms with Crippen LogP contribution in [0, 0.1) is 0 Å². The first-order valence-corrected chi connectivity index (χ1v) is 10.1. The number of sulfonamides is 1. The SMILES string of the molecule is Cn1cc(S(=O)(=O)N2CCCN(C(=O)Cc3ccsc3)CC2)cn1. The van der Waals surface area contributed by atoms with Gasteiger partial charge in [0.15, 0.2) is 0 Å². The van der Waals surface area contributed by atoms with Gasteiger partial charge in [0, 0.05) is 39.4 Å². The Balaban J connectivity index is 1.65. The predicted octanol–water partition coefficient (Wildman–Crippen LogP) is 0.947. The number of aryl methyl sites for hydroxylation is 1. The summed E-state index contributed by atoms with van der Waals surface area (Å²) in [7, 11) is -1.86. The molecule has 2 aromatic rings. The van der Waals surface area contributed by atoms with Crippen LogP contribution in [0.15, 0.2) is 34.1 Å². The average Bonchev–Trinajstić information content (AvgIpc) is 3.13. The molecule has 7 nitrogen and oxygen atoms in total. The van der Waals surface area contributed by atoms with Crippen LogP contribution in [0.5, 0.6) is 0 Å². The quantitative estimate of drug-likeness (QED) is 0.805. The summed E-state index contributed by atoms with van der Waals surface area (Å²) in [6.07, 6.45) is 3.87. The fourth-order valence-corrected chi connectivity index (χ4v) is 4.87. The molecule has 0 saturated carbocycles. The summed E-state index contributed by atoms with van der Waals surface area (Å²) < 4.78 is 28.2. The third kappa shape index (κ3) is 3.68. The fraction of sp³-hybridized carbons (Fsp3) is 0.467. The molecule has 3 heterocycles. The van der Waals surface area contributed by atoms with Gasteiger partial charge < -0.3 is 4.90 Å². The maximum Gasteiger partial charge on any atom is 0.246 e. The Morgan fingerprint density at radius 1 is 1.29 bits per heavy atom. The van der Waals surface area contributed by atoms with Crippen LogP contribution in [0.1, 0.15) is 12.0 Å². The van der Waals surface area contributed by atoms with E-state index in [0.717, 1.165) is 5.56 Å². The zero-order chi connectivity index (χ0) is 17.2. The molecule has 0 bridgehead atoms. The highest BCUT2D eigenvalue weighted by Crippen LogP contribution is 2.17. The van der Waals surface area contributed by atoms with E-state index in [-0.39, 0.29) is 10.8 Å². The molecule has 130 valence electrons. The van der Waals surface area contributed by atoms with Crippen molar-refractivity contribution in [2.45, 2.75) is 17.7 Å². The van der Waals surface area contributed by atoms with Crippen molar-refractivity contribution < 1.29 is 13.2 Å². The van der Waals surface area contributed by atoms with Gasteiger partial charge in [-0.2, -0.15) is 20.7 Å². The molecule has 0 N–H and O–H groups in total. The second kappa shape index (κ2) is 7.04. The molecule has 0 aliphatic carbocycles. The van der Waals surface area contributed by atoms with E-state index in [1.54, 1.807) is 23.3 Å². The third-order valence-corrected chi connectivity index (χ3v) is 6.65. The van der Waals surface area contributed by atoms with E-state index >= 15 is 0 Å². The molecule has 1 amide bonds. The van der Waals surface area contributed by atoms with Gasteiger partial charge in [0.1, 0.15) is 4.90 Å². The summed E-state index contributed by atoms with van der Waals surface area (Å²) in [5, 5.41) is 7.85. The highest BCUT2D eigenvalue weighted by atomic mass is 32.2. The molecule has 2 aromatic heterocycles. The maximum absolute atomic E-state index is 12.7. The third-order valence-electron chi connectivity index (χ3n) is 4.06. The fourth-order valence-electron chi connectivity index (χ4n) is 2.74. The van der Waals surface area contributed by atoms with E-state index in [1.165, 1.54) is 21.4 Å². The van der Waals surface area contributed by atoms with E-state index in [4.69, 9.17) is 0 Å². The molecule has 3 rings (SSSR count). The minimum atomic E-state index is -3.55. The number of carbonyl (C=O) groups excluding carboxylic acids is 1. The van der Waals surface area contributed by atoms with Crippen LogP contribution in [0.2, 0.25) is 0 Å².